The van der Waals surface area contributed by atoms with Crippen LogP contribution in [0.2, 0.25) is 0 Å². The van der Waals surface area contributed by atoms with Crippen molar-refractivity contribution in [3.8, 4) is 10.4 Å². The summed E-state index contributed by atoms with van der Waals surface area (Å²) in [6.07, 6.45) is 6.87. The number of thiophene rings is 1. The summed E-state index contributed by atoms with van der Waals surface area (Å²) in [6.45, 7) is 6.00. The van der Waals surface area contributed by atoms with Gasteiger partial charge in [-0.25, -0.2) is 4.99 Å². The quantitative estimate of drug-likeness (QED) is 0.535. The van der Waals surface area contributed by atoms with Crippen molar-refractivity contribution in [2.75, 3.05) is 32.8 Å². The van der Waals surface area contributed by atoms with Crippen molar-refractivity contribution >= 4 is 45.1 Å². The first-order valence-corrected chi connectivity index (χ1v) is 13.6. The Balaban J connectivity index is 1.60. The Bertz CT molecular complexity index is 1220. The van der Waals surface area contributed by atoms with Crippen LogP contribution in [0, 0.1) is 5.92 Å². The van der Waals surface area contributed by atoms with Gasteiger partial charge >= 0.3 is 10.2 Å². The van der Waals surface area contributed by atoms with Gasteiger partial charge < -0.3 is 15.7 Å². The molecule has 10 nitrogen and oxygen atoms in total. The fraction of sp³-hybridized carbons (Fsp3) is 0.500. The standard InChI is InChI=1S/C22H30N6O4S2/c1-3-5-26(6-4-2)22(30)16-7-20-18(25-21(23)8-16)9-19(33-20)17-10-24-28(13-17)34(31,32)27-11-15(12-27)14-29/h7,9-10,13,15,29H,3-6,8,11-12,14H2,1-2H3,(H2,23,25). The van der Waals surface area contributed by atoms with E-state index in [2.05, 4.69) is 10.1 Å². The molecule has 3 N–H and O–H groups in total. The lowest BCUT2D eigenvalue weighted by Gasteiger charge is -2.36. The lowest BCUT2D eigenvalue weighted by molar-refractivity contribution is -0.127. The molecule has 4 heterocycles. The number of aliphatic hydroxyl groups is 1. The van der Waals surface area contributed by atoms with Crippen LogP contribution >= 0.6 is 11.3 Å². The van der Waals surface area contributed by atoms with Gasteiger partial charge in [0.05, 0.1) is 23.0 Å². The maximum absolute atomic E-state index is 13.2. The third-order valence-corrected chi connectivity index (χ3v) is 8.56. The molecule has 0 aliphatic carbocycles. The highest BCUT2D eigenvalue weighted by atomic mass is 32.2. The number of aliphatic hydroxyl groups excluding tert-OH is 1. The number of hydrogen-bond acceptors (Lipinski definition) is 8. The summed E-state index contributed by atoms with van der Waals surface area (Å²) < 4.78 is 27.7. The number of carbonyl (C=O) groups is 1. The third-order valence-electron chi connectivity index (χ3n) is 5.82. The lowest BCUT2D eigenvalue weighted by atomic mass is 10.1. The van der Waals surface area contributed by atoms with Crippen LogP contribution in [-0.2, 0) is 15.0 Å². The molecular weight excluding hydrogens is 476 g/mol. The maximum Gasteiger partial charge on any atom is 0.322 e. The number of nitrogens with zero attached hydrogens (tertiary/aromatic N) is 5. The van der Waals surface area contributed by atoms with Crippen LogP contribution in [0.5, 0.6) is 0 Å². The summed E-state index contributed by atoms with van der Waals surface area (Å²) in [5, 5.41) is 13.2. The van der Waals surface area contributed by atoms with E-state index in [4.69, 9.17) is 10.8 Å². The Hall–Kier alpha value is -2.54. The molecule has 1 amide bonds. The second-order valence-electron chi connectivity index (χ2n) is 8.58. The van der Waals surface area contributed by atoms with E-state index < -0.39 is 10.2 Å². The molecule has 0 radical (unpaired) electrons. The molecule has 0 spiro atoms. The minimum atomic E-state index is -3.77. The number of nitrogens with two attached hydrogens (primary N) is 1. The molecule has 4 rings (SSSR count). The molecule has 184 valence electrons. The number of fused-ring (bicyclic) bond motifs is 1. The van der Waals surface area contributed by atoms with E-state index in [0.29, 0.717) is 42.2 Å². The van der Waals surface area contributed by atoms with Crippen molar-refractivity contribution in [1.29, 1.82) is 0 Å². The predicted molar refractivity (Wildman–Crippen MR) is 133 cm³/mol. The second-order valence-corrected chi connectivity index (χ2v) is 11.4. The van der Waals surface area contributed by atoms with Crippen LogP contribution in [-0.4, -0.2) is 76.4 Å². The zero-order valence-electron chi connectivity index (χ0n) is 19.3. The summed E-state index contributed by atoms with van der Waals surface area (Å²) in [5.41, 5.74) is 8.03. The van der Waals surface area contributed by atoms with Crippen LogP contribution in [0.15, 0.2) is 29.0 Å². The number of aromatic nitrogens is 2. The Morgan fingerprint density at radius 3 is 2.65 bits per heavy atom. The van der Waals surface area contributed by atoms with Gasteiger partial charge in [-0.3, -0.25) is 4.79 Å². The number of amides is 1. The number of aliphatic imine (C=N–C) groups is 1. The van der Waals surface area contributed by atoms with E-state index in [1.54, 1.807) is 0 Å². The van der Waals surface area contributed by atoms with Gasteiger partial charge in [-0.15, -0.1) is 11.3 Å². The lowest BCUT2D eigenvalue weighted by Crippen LogP contribution is -2.53. The molecule has 1 saturated heterocycles. The van der Waals surface area contributed by atoms with Gasteiger partial charge in [0.2, 0.25) is 5.91 Å². The molecule has 0 saturated carbocycles. The SMILES string of the molecule is CCCN(CCC)C(=O)C1=Cc2sc(-c3cnn(S(=O)(=O)N4CC(CO)C4)c3)cc2N=C(N)C1. The highest BCUT2D eigenvalue weighted by Gasteiger charge is 2.37. The van der Waals surface area contributed by atoms with Crippen molar-refractivity contribution in [3.05, 3.63) is 28.9 Å². The van der Waals surface area contributed by atoms with Crippen molar-refractivity contribution in [3.63, 3.8) is 0 Å². The molecule has 2 aliphatic heterocycles. The van der Waals surface area contributed by atoms with E-state index in [1.165, 1.54) is 28.0 Å². The number of carbonyl (C=O) groups excluding carboxylic acids is 1. The topological polar surface area (TPSA) is 134 Å². The smallest absolute Gasteiger partial charge is 0.322 e. The van der Waals surface area contributed by atoms with Gasteiger partial charge in [-0.1, -0.05) is 13.8 Å². The van der Waals surface area contributed by atoms with Crippen LogP contribution in [0.1, 0.15) is 38.0 Å². The number of hydrogen-bond donors (Lipinski definition) is 2. The molecule has 34 heavy (non-hydrogen) atoms. The zero-order valence-corrected chi connectivity index (χ0v) is 21.0. The van der Waals surface area contributed by atoms with Crippen molar-refractivity contribution in [1.82, 2.24) is 18.4 Å². The Labute approximate surface area is 203 Å². The fourth-order valence-electron chi connectivity index (χ4n) is 4.03. The summed E-state index contributed by atoms with van der Waals surface area (Å²) in [5.74, 6) is 0.305. The van der Waals surface area contributed by atoms with Crippen molar-refractivity contribution in [2.45, 2.75) is 33.1 Å². The highest BCUT2D eigenvalue weighted by molar-refractivity contribution is 7.87. The molecule has 2 aromatic rings. The van der Waals surface area contributed by atoms with Gasteiger partial charge in [0.15, 0.2) is 0 Å². The van der Waals surface area contributed by atoms with Gasteiger partial charge in [0.1, 0.15) is 5.84 Å². The maximum atomic E-state index is 13.2. The minimum Gasteiger partial charge on any atom is -0.396 e. The monoisotopic (exact) mass is 506 g/mol. The normalized spacial score (nSPS) is 16.9. The van der Waals surface area contributed by atoms with Gasteiger partial charge in [0, 0.05) is 61.1 Å². The van der Waals surface area contributed by atoms with E-state index >= 15 is 0 Å². The summed E-state index contributed by atoms with van der Waals surface area (Å²) >= 11 is 1.41. The fourth-order valence-corrected chi connectivity index (χ4v) is 6.51. The largest absolute Gasteiger partial charge is 0.396 e. The molecule has 2 aliphatic rings. The molecule has 2 aromatic heterocycles. The molecule has 0 aromatic carbocycles. The zero-order chi connectivity index (χ0) is 24.5. The van der Waals surface area contributed by atoms with Crippen LogP contribution in [0.4, 0.5) is 5.69 Å². The summed E-state index contributed by atoms with van der Waals surface area (Å²) in [7, 11) is -3.77. The van der Waals surface area contributed by atoms with Gasteiger partial charge in [0.25, 0.3) is 0 Å². The summed E-state index contributed by atoms with van der Waals surface area (Å²) in [4.78, 5) is 21.1. The number of amidine groups is 1. The first-order chi connectivity index (χ1) is 16.3. The molecule has 1 fully saturated rings. The van der Waals surface area contributed by atoms with Gasteiger partial charge in [-0.2, -0.15) is 21.9 Å². The average Bonchev–Trinajstić information content (AvgIpc) is 3.37. The number of rotatable bonds is 9. The average molecular weight is 507 g/mol. The van der Waals surface area contributed by atoms with Crippen molar-refractivity contribution in [2.24, 2.45) is 16.6 Å². The van der Waals surface area contributed by atoms with E-state index in [1.807, 2.05) is 30.9 Å². The Morgan fingerprint density at radius 1 is 1.29 bits per heavy atom. The molecule has 0 unspecified atom stereocenters. The van der Waals surface area contributed by atoms with Crippen LogP contribution in [0.25, 0.3) is 16.5 Å². The van der Waals surface area contributed by atoms with Crippen LogP contribution in [0.3, 0.4) is 0 Å². The van der Waals surface area contributed by atoms with Gasteiger partial charge in [-0.05, 0) is 25.0 Å². The summed E-state index contributed by atoms with van der Waals surface area (Å²) in [6, 6.07) is 1.84. The second kappa shape index (κ2) is 9.98. The first-order valence-electron chi connectivity index (χ1n) is 11.4. The Morgan fingerprint density at radius 2 is 2.00 bits per heavy atom. The molecule has 0 atom stereocenters. The van der Waals surface area contributed by atoms with E-state index in [0.717, 1.165) is 26.7 Å². The third kappa shape index (κ3) is 4.81. The molecule has 0 bridgehead atoms. The van der Waals surface area contributed by atoms with Crippen LogP contribution < -0.4 is 5.73 Å². The molecular formula is C22H30N6O4S2. The Kier molecular flexibility index (Phi) is 7.22. The van der Waals surface area contributed by atoms with E-state index in [9.17, 15) is 13.2 Å². The highest BCUT2D eigenvalue weighted by Crippen LogP contribution is 2.39. The van der Waals surface area contributed by atoms with Crippen molar-refractivity contribution < 1.29 is 18.3 Å². The van der Waals surface area contributed by atoms with E-state index in [-0.39, 0.29) is 31.5 Å². The minimum absolute atomic E-state index is 0.0284. The first kappa shape index (κ1) is 24.6. The predicted octanol–water partition coefficient (Wildman–Crippen LogP) is 2.05. The molecule has 12 heteroatoms.